The predicted octanol–water partition coefficient (Wildman–Crippen LogP) is 4.70. The molecule has 9 nitrogen and oxygen atoms in total. The maximum Gasteiger partial charge on any atom is 0.408 e. The molecule has 1 aliphatic rings. The van der Waals surface area contributed by atoms with Gasteiger partial charge in [0.25, 0.3) is 0 Å². The molecule has 3 rings (SSSR count). The van der Waals surface area contributed by atoms with Crippen LogP contribution in [0.5, 0.6) is 0 Å². The Morgan fingerprint density at radius 2 is 1.37 bits per heavy atom. The number of carbonyl (C=O) groups is 4. The van der Waals surface area contributed by atoms with Crippen molar-refractivity contribution < 1.29 is 28.7 Å². The lowest BCUT2D eigenvalue weighted by molar-refractivity contribution is -0.159. The van der Waals surface area contributed by atoms with Gasteiger partial charge in [-0.15, -0.1) is 0 Å². The Labute approximate surface area is 243 Å². The van der Waals surface area contributed by atoms with Crippen LogP contribution < -0.4 is 10.6 Å². The summed E-state index contributed by atoms with van der Waals surface area (Å²) < 4.78 is 11.0. The fraction of sp³-hybridized carbons (Fsp3) is 0.500. The van der Waals surface area contributed by atoms with Gasteiger partial charge < -0.3 is 25.0 Å². The number of hydrogen-bond donors (Lipinski definition) is 2. The van der Waals surface area contributed by atoms with Crippen LogP contribution >= 0.6 is 0 Å². The third-order valence-electron chi connectivity index (χ3n) is 6.23. The SMILES string of the molecule is CC(NC(=O)OC(C)(C)C)C(=O)N(C1CC1)C(C(=O)NC(Cc1ccccc1)C(=O)OC(C)(C)C)c1ccccc1. The molecule has 3 unspecified atom stereocenters. The van der Waals surface area contributed by atoms with Crippen molar-refractivity contribution in [3.63, 3.8) is 0 Å². The van der Waals surface area contributed by atoms with Crippen LogP contribution in [-0.2, 0) is 30.3 Å². The summed E-state index contributed by atoms with van der Waals surface area (Å²) in [4.78, 5) is 55.2. The molecule has 41 heavy (non-hydrogen) atoms. The summed E-state index contributed by atoms with van der Waals surface area (Å²) in [5.41, 5.74) is -0.0400. The Hall–Kier alpha value is -3.88. The Morgan fingerprint density at radius 3 is 1.88 bits per heavy atom. The number of esters is 1. The first kappa shape index (κ1) is 31.6. The molecule has 0 heterocycles. The second-order valence-corrected chi connectivity index (χ2v) is 12.4. The van der Waals surface area contributed by atoms with E-state index in [0.29, 0.717) is 5.56 Å². The van der Waals surface area contributed by atoms with E-state index in [2.05, 4.69) is 10.6 Å². The minimum atomic E-state index is -1.03. The van der Waals surface area contributed by atoms with Crippen molar-refractivity contribution in [3.05, 3.63) is 71.8 Å². The summed E-state index contributed by atoms with van der Waals surface area (Å²) in [5, 5.41) is 5.50. The van der Waals surface area contributed by atoms with E-state index in [0.717, 1.165) is 18.4 Å². The van der Waals surface area contributed by atoms with E-state index in [-0.39, 0.29) is 12.5 Å². The molecule has 0 aromatic heterocycles. The normalized spacial score (nSPS) is 15.6. The molecule has 2 N–H and O–H groups in total. The molecule has 0 radical (unpaired) electrons. The van der Waals surface area contributed by atoms with E-state index in [1.54, 1.807) is 72.7 Å². The van der Waals surface area contributed by atoms with Crippen LogP contribution in [0.2, 0.25) is 0 Å². The van der Waals surface area contributed by atoms with E-state index in [1.165, 1.54) is 4.90 Å². The van der Waals surface area contributed by atoms with Crippen LogP contribution in [0.15, 0.2) is 60.7 Å². The number of carbonyl (C=O) groups excluding carboxylic acids is 4. The third-order valence-corrected chi connectivity index (χ3v) is 6.23. The fourth-order valence-corrected chi connectivity index (χ4v) is 4.38. The Bertz CT molecular complexity index is 1200. The first-order valence-corrected chi connectivity index (χ1v) is 14.1. The van der Waals surface area contributed by atoms with Crippen molar-refractivity contribution in [1.82, 2.24) is 15.5 Å². The van der Waals surface area contributed by atoms with E-state index < -0.39 is 53.2 Å². The molecule has 0 spiro atoms. The number of amides is 3. The second-order valence-electron chi connectivity index (χ2n) is 12.4. The zero-order valence-corrected chi connectivity index (χ0v) is 25.1. The highest BCUT2D eigenvalue weighted by atomic mass is 16.6. The van der Waals surface area contributed by atoms with Gasteiger partial charge in [-0.3, -0.25) is 9.59 Å². The number of ether oxygens (including phenoxy) is 2. The van der Waals surface area contributed by atoms with Crippen molar-refractivity contribution in [2.75, 3.05) is 0 Å². The standard InChI is InChI=1S/C32H43N3O6/c1-21(33-30(39)41-32(5,6)7)28(37)35(24-18-19-24)26(23-16-12-9-13-17-23)27(36)34-25(29(38)40-31(2,3)4)20-22-14-10-8-11-15-22/h8-17,21,24-26H,18-20H2,1-7H3,(H,33,39)(H,34,36). The van der Waals surface area contributed by atoms with Gasteiger partial charge in [-0.1, -0.05) is 60.7 Å². The number of alkyl carbamates (subject to hydrolysis) is 1. The highest BCUT2D eigenvalue weighted by molar-refractivity contribution is 5.94. The fourth-order valence-electron chi connectivity index (χ4n) is 4.38. The molecular formula is C32H43N3O6. The van der Waals surface area contributed by atoms with Gasteiger partial charge in [0, 0.05) is 12.5 Å². The van der Waals surface area contributed by atoms with Crippen molar-refractivity contribution in [2.45, 2.75) is 103 Å². The largest absolute Gasteiger partial charge is 0.458 e. The van der Waals surface area contributed by atoms with Gasteiger partial charge in [-0.05, 0) is 72.4 Å². The summed E-state index contributed by atoms with van der Waals surface area (Å²) in [6, 6.07) is 15.2. The molecule has 2 aromatic carbocycles. The van der Waals surface area contributed by atoms with E-state index >= 15 is 0 Å². The summed E-state index contributed by atoms with van der Waals surface area (Å²) in [5.74, 6) is -1.49. The highest BCUT2D eigenvalue weighted by Crippen LogP contribution is 2.35. The lowest BCUT2D eigenvalue weighted by Crippen LogP contribution is -2.55. The lowest BCUT2D eigenvalue weighted by atomic mass is 10.0. The zero-order chi connectivity index (χ0) is 30.4. The highest BCUT2D eigenvalue weighted by Gasteiger charge is 2.44. The lowest BCUT2D eigenvalue weighted by Gasteiger charge is -2.34. The number of nitrogens with zero attached hydrogens (tertiary/aromatic N) is 1. The summed E-state index contributed by atoms with van der Waals surface area (Å²) in [6.07, 6.45) is 0.946. The Morgan fingerprint density at radius 1 is 0.829 bits per heavy atom. The maximum atomic E-state index is 14.1. The second kappa shape index (κ2) is 13.2. The van der Waals surface area contributed by atoms with E-state index in [1.807, 2.05) is 36.4 Å². The van der Waals surface area contributed by atoms with Gasteiger partial charge in [0.2, 0.25) is 11.8 Å². The van der Waals surface area contributed by atoms with Gasteiger partial charge in [-0.25, -0.2) is 9.59 Å². The number of benzene rings is 2. The van der Waals surface area contributed by atoms with Gasteiger partial charge in [0.1, 0.15) is 29.3 Å². The van der Waals surface area contributed by atoms with Crippen LogP contribution in [0.4, 0.5) is 4.79 Å². The number of nitrogens with one attached hydrogen (secondary N) is 2. The van der Waals surface area contributed by atoms with E-state index in [9.17, 15) is 19.2 Å². The molecule has 2 aromatic rings. The van der Waals surface area contributed by atoms with Crippen molar-refractivity contribution >= 4 is 23.9 Å². The average molecular weight is 566 g/mol. The number of rotatable bonds is 10. The van der Waals surface area contributed by atoms with Gasteiger partial charge in [-0.2, -0.15) is 0 Å². The Kier molecular flexibility index (Phi) is 10.2. The monoisotopic (exact) mass is 565 g/mol. The first-order chi connectivity index (χ1) is 19.1. The van der Waals surface area contributed by atoms with Crippen molar-refractivity contribution in [2.24, 2.45) is 0 Å². The van der Waals surface area contributed by atoms with Gasteiger partial charge in [0.15, 0.2) is 0 Å². The minimum absolute atomic E-state index is 0.185. The molecule has 0 aliphatic heterocycles. The molecule has 0 bridgehead atoms. The molecule has 1 aliphatic carbocycles. The molecule has 1 fully saturated rings. The van der Waals surface area contributed by atoms with E-state index in [4.69, 9.17) is 9.47 Å². The average Bonchev–Trinajstić information content (AvgIpc) is 3.70. The van der Waals surface area contributed by atoms with Crippen LogP contribution in [0.3, 0.4) is 0 Å². The summed E-state index contributed by atoms with van der Waals surface area (Å²) in [7, 11) is 0. The Balaban J connectivity index is 1.92. The summed E-state index contributed by atoms with van der Waals surface area (Å²) in [6.45, 7) is 12.1. The van der Waals surface area contributed by atoms with Crippen LogP contribution in [-0.4, -0.2) is 58.1 Å². The first-order valence-electron chi connectivity index (χ1n) is 14.1. The zero-order valence-electron chi connectivity index (χ0n) is 25.1. The van der Waals surface area contributed by atoms with Crippen molar-refractivity contribution in [1.29, 1.82) is 0 Å². The van der Waals surface area contributed by atoms with Crippen molar-refractivity contribution in [3.8, 4) is 0 Å². The molecule has 9 heteroatoms. The number of hydrogen-bond acceptors (Lipinski definition) is 6. The topological polar surface area (TPSA) is 114 Å². The summed E-state index contributed by atoms with van der Waals surface area (Å²) >= 11 is 0. The molecule has 222 valence electrons. The smallest absolute Gasteiger partial charge is 0.408 e. The molecule has 3 amide bonds. The van der Waals surface area contributed by atoms with Gasteiger partial charge >= 0.3 is 12.1 Å². The third kappa shape index (κ3) is 9.92. The molecule has 1 saturated carbocycles. The molecule has 0 saturated heterocycles. The minimum Gasteiger partial charge on any atom is -0.458 e. The predicted molar refractivity (Wildman–Crippen MR) is 156 cm³/mol. The quantitative estimate of drug-likeness (QED) is 0.404. The molecule has 3 atom stereocenters. The maximum absolute atomic E-state index is 14.1. The van der Waals surface area contributed by atoms with Crippen LogP contribution in [0, 0.1) is 0 Å². The van der Waals surface area contributed by atoms with Crippen LogP contribution in [0.1, 0.15) is 78.5 Å². The van der Waals surface area contributed by atoms with Crippen LogP contribution in [0.25, 0.3) is 0 Å². The van der Waals surface area contributed by atoms with Gasteiger partial charge in [0.05, 0.1) is 0 Å². The molecular weight excluding hydrogens is 522 g/mol.